The van der Waals surface area contributed by atoms with Crippen LogP contribution in [0.2, 0.25) is 5.28 Å². The highest BCUT2D eigenvalue weighted by Crippen LogP contribution is 2.33. The molecule has 3 aromatic rings. The summed E-state index contributed by atoms with van der Waals surface area (Å²) < 4.78 is 0. The standard InChI is InChI=1S/C15H16ClN3S2/c1-3-9-8-10-13(18-15(16)19-14(10)21-9)17-11(4-2)12-6-5-7-20-12/h5-8,11H,3-4H2,1-2H3,(H,17,18,19). The van der Waals surface area contributed by atoms with Gasteiger partial charge in [0.1, 0.15) is 10.6 Å². The molecule has 3 rings (SSSR count). The molecule has 1 unspecified atom stereocenters. The predicted molar refractivity (Wildman–Crippen MR) is 92.8 cm³/mol. The maximum atomic E-state index is 6.07. The summed E-state index contributed by atoms with van der Waals surface area (Å²) in [7, 11) is 0. The van der Waals surface area contributed by atoms with Gasteiger partial charge in [-0.25, -0.2) is 9.97 Å². The number of rotatable bonds is 5. The van der Waals surface area contributed by atoms with E-state index in [1.54, 1.807) is 22.7 Å². The van der Waals surface area contributed by atoms with Crippen molar-refractivity contribution in [1.29, 1.82) is 0 Å². The summed E-state index contributed by atoms with van der Waals surface area (Å²) in [6, 6.07) is 6.65. The zero-order valence-electron chi connectivity index (χ0n) is 11.9. The number of nitrogens with one attached hydrogen (secondary N) is 1. The maximum absolute atomic E-state index is 6.07. The van der Waals surface area contributed by atoms with Crippen LogP contribution in [0.4, 0.5) is 5.82 Å². The Morgan fingerprint density at radius 2 is 2.19 bits per heavy atom. The first-order valence-corrected chi connectivity index (χ1v) is 9.04. The zero-order chi connectivity index (χ0) is 14.8. The van der Waals surface area contributed by atoms with Crippen molar-refractivity contribution in [3.63, 3.8) is 0 Å². The normalized spacial score (nSPS) is 12.7. The second-order valence-corrected chi connectivity index (χ2v) is 7.18. The Hall–Kier alpha value is -1.17. The fourth-order valence-electron chi connectivity index (χ4n) is 2.26. The minimum atomic E-state index is 0.254. The van der Waals surface area contributed by atoms with Crippen LogP contribution in [0, 0.1) is 0 Å². The molecule has 1 N–H and O–H groups in total. The number of hydrogen-bond donors (Lipinski definition) is 1. The average molecular weight is 338 g/mol. The molecule has 3 aromatic heterocycles. The Morgan fingerprint density at radius 3 is 2.86 bits per heavy atom. The second kappa shape index (κ2) is 6.30. The van der Waals surface area contributed by atoms with Gasteiger partial charge >= 0.3 is 0 Å². The zero-order valence-corrected chi connectivity index (χ0v) is 14.3. The van der Waals surface area contributed by atoms with Crippen molar-refractivity contribution in [1.82, 2.24) is 9.97 Å². The lowest BCUT2D eigenvalue weighted by molar-refractivity contribution is 0.760. The van der Waals surface area contributed by atoms with E-state index >= 15 is 0 Å². The van der Waals surface area contributed by atoms with Crippen LogP contribution in [-0.2, 0) is 6.42 Å². The van der Waals surface area contributed by atoms with Gasteiger partial charge in [0, 0.05) is 9.75 Å². The SMILES string of the molecule is CCc1cc2c(NC(CC)c3cccs3)nc(Cl)nc2s1. The van der Waals surface area contributed by atoms with Gasteiger partial charge in [0.05, 0.1) is 11.4 Å². The molecule has 0 spiro atoms. The van der Waals surface area contributed by atoms with E-state index in [1.807, 2.05) is 0 Å². The lowest BCUT2D eigenvalue weighted by atomic mass is 10.2. The van der Waals surface area contributed by atoms with E-state index in [1.165, 1.54) is 9.75 Å². The summed E-state index contributed by atoms with van der Waals surface area (Å²) >= 11 is 9.52. The van der Waals surface area contributed by atoms with Crippen LogP contribution in [0.3, 0.4) is 0 Å². The summed E-state index contributed by atoms with van der Waals surface area (Å²) in [5.74, 6) is 0.834. The van der Waals surface area contributed by atoms with Gasteiger partial charge in [-0.15, -0.1) is 22.7 Å². The molecule has 0 fully saturated rings. The van der Waals surface area contributed by atoms with Crippen LogP contribution in [0.5, 0.6) is 0 Å². The average Bonchev–Trinajstić information content (AvgIpc) is 3.13. The minimum Gasteiger partial charge on any atom is -0.362 e. The summed E-state index contributed by atoms with van der Waals surface area (Å²) in [6.07, 6.45) is 1.99. The Labute approximate surface area is 137 Å². The number of hydrogen-bond acceptors (Lipinski definition) is 5. The van der Waals surface area contributed by atoms with Gasteiger partial charge < -0.3 is 5.32 Å². The van der Waals surface area contributed by atoms with Gasteiger partial charge in [0.25, 0.3) is 0 Å². The van der Waals surface area contributed by atoms with Crippen LogP contribution in [0.25, 0.3) is 10.2 Å². The molecule has 3 nitrogen and oxygen atoms in total. The maximum Gasteiger partial charge on any atom is 0.225 e. The number of thiophene rings is 2. The molecule has 0 bridgehead atoms. The summed E-state index contributed by atoms with van der Waals surface area (Å²) in [5.41, 5.74) is 0. The van der Waals surface area contributed by atoms with E-state index in [0.717, 1.165) is 28.9 Å². The van der Waals surface area contributed by atoms with Crippen LogP contribution in [0.15, 0.2) is 23.6 Å². The first-order valence-electron chi connectivity index (χ1n) is 6.97. The summed E-state index contributed by atoms with van der Waals surface area (Å²) in [6.45, 7) is 4.32. The molecule has 110 valence electrons. The van der Waals surface area contributed by atoms with Crippen LogP contribution >= 0.6 is 34.3 Å². The summed E-state index contributed by atoms with van der Waals surface area (Å²) in [4.78, 5) is 12.3. The van der Waals surface area contributed by atoms with E-state index in [0.29, 0.717) is 5.28 Å². The number of aryl methyl sites for hydroxylation is 1. The van der Waals surface area contributed by atoms with Crippen LogP contribution in [0.1, 0.15) is 36.1 Å². The van der Waals surface area contributed by atoms with Crippen molar-refractivity contribution in [2.75, 3.05) is 5.32 Å². The molecule has 3 heterocycles. The topological polar surface area (TPSA) is 37.8 Å². The molecule has 0 aromatic carbocycles. The van der Waals surface area contributed by atoms with E-state index in [2.05, 4.69) is 52.7 Å². The molecular weight excluding hydrogens is 322 g/mol. The molecule has 0 aliphatic rings. The molecule has 0 aliphatic heterocycles. The third kappa shape index (κ3) is 3.05. The largest absolute Gasteiger partial charge is 0.362 e. The smallest absolute Gasteiger partial charge is 0.225 e. The quantitative estimate of drug-likeness (QED) is 0.622. The first kappa shape index (κ1) is 14.8. The van der Waals surface area contributed by atoms with Gasteiger partial charge in [0.2, 0.25) is 5.28 Å². The van der Waals surface area contributed by atoms with Crippen molar-refractivity contribution in [2.45, 2.75) is 32.7 Å². The monoisotopic (exact) mass is 337 g/mol. The van der Waals surface area contributed by atoms with Crippen molar-refractivity contribution >= 4 is 50.3 Å². The van der Waals surface area contributed by atoms with E-state index < -0.39 is 0 Å². The Kier molecular flexibility index (Phi) is 4.42. The van der Waals surface area contributed by atoms with E-state index in [4.69, 9.17) is 11.6 Å². The fraction of sp³-hybridized carbons (Fsp3) is 0.333. The molecular formula is C15H16ClN3S2. The van der Waals surface area contributed by atoms with Gasteiger partial charge in [-0.2, -0.15) is 0 Å². The van der Waals surface area contributed by atoms with Crippen molar-refractivity contribution in [3.05, 3.63) is 38.6 Å². The number of anilines is 1. The third-order valence-corrected chi connectivity index (χ3v) is 5.70. The van der Waals surface area contributed by atoms with E-state index in [9.17, 15) is 0 Å². The fourth-order valence-corrected chi connectivity index (χ4v) is 4.31. The molecule has 0 amide bonds. The lowest BCUT2D eigenvalue weighted by Gasteiger charge is -2.16. The molecule has 0 aliphatic carbocycles. The molecule has 6 heteroatoms. The number of halogens is 1. The third-order valence-electron chi connectivity index (χ3n) is 3.37. The van der Waals surface area contributed by atoms with Crippen molar-refractivity contribution in [2.24, 2.45) is 0 Å². The van der Waals surface area contributed by atoms with Crippen molar-refractivity contribution in [3.8, 4) is 0 Å². The molecule has 1 atom stereocenters. The summed E-state index contributed by atoms with van der Waals surface area (Å²) in [5, 5.41) is 7.00. The van der Waals surface area contributed by atoms with E-state index in [-0.39, 0.29) is 6.04 Å². The number of aromatic nitrogens is 2. The molecule has 21 heavy (non-hydrogen) atoms. The van der Waals surface area contributed by atoms with Gasteiger partial charge in [-0.3, -0.25) is 0 Å². The molecule has 0 radical (unpaired) electrons. The minimum absolute atomic E-state index is 0.254. The van der Waals surface area contributed by atoms with Crippen LogP contribution in [-0.4, -0.2) is 9.97 Å². The van der Waals surface area contributed by atoms with Crippen molar-refractivity contribution < 1.29 is 0 Å². The van der Waals surface area contributed by atoms with Crippen LogP contribution < -0.4 is 5.32 Å². The highest BCUT2D eigenvalue weighted by Gasteiger charge is 2.15. The van der Waals surface area contributed by atoms with Gasteiger partial charge in [0.15, 0.2) is 0 Å². The lowest BCUT2D eigenvalue weighted by Crippen LogP contribution is -2.10. The Balaban J connectivity index is 2.00. The highest BCUT2D eigenvalue weighted by molar-refractivity contribution is 7.18. The Bertz CT molecular complexity index is 737. The Morgan fingerprint density at radius 1 is 1.33 bits per heavy atom. The van der Waals surface area contributed by atoms with Gasteiger partial charge in [-0.1, -0.05) is 19.9 Å². The predicted octanol–water partition coefficient (Wildman–Crippen LogP) is 5.53. The molecule has 0 saturated carbocycles. The highest BCUT2D eigenvalue weighted by atomic mass is 35.5. The molecule has 0 saturated heterocycles. The number of fused-ring (bicyclic) bond motifs is 1. The van der Waals surface area contributed by atoms with Gasteiger partial charge in [-0.05, 0) is 42.0 Å². The number of nitrogens with zero attached hydrogens (tertiary/aromatic N) is 2. The first-order chi connectivity index (χ1) is 10.2. The second-order valence-electron chi connectivity index (χ2n) is 4.75.